The number of aliphatic hydroxyl groups is 1. The minimum Gasteiger partial charge on any atom is -0.494 e. The number of aliphatic carboxylic acids is 1. The highest BCUT2D eigenvalue weighted by molar-refractivity contribution is 5.94. The van der Waals surface area contributed by atoms with Crippen LogP contribution in [0.25, 0.3) is 22.5 Å². The van der Waals surface area contributed by atoms with Gasteiger partial charge in [0.25, 0.3) is 5.91 Å². The first kappa shape index (κ1) is 38.6. The van der Waals surface area contributed by atoms with Crippen molar-refractivity contribution in [2.45, 2.75) is 109 Å². The first-order valence-corrected chi connectivity index (χ1v) is 18.8. The van der Waals surface area contributed by atoms with Gasteiger partial charge >= 0.3 is 5.97 Å². The van der Waals surface area contributed by atoms with Crippen molar-refractivity contribution in [2.24, 2.45) is 0 Å². The van der Waals surface area contributed by atoms with Gasteiger partial charge in [0.1, 0.15) is 18.0 Å². The minimum atomic E-state index is -1.18. The maximum atomic E-state index is 13.5. The number of carbonyl (C=O) groups is 2. The Hall–Kier alpha value is -4.60. The molecule has 5 rings (SSSR count). The summed E-state index contributed by atoms with van der Waals surface area (Å²) in [4.78, 5) is 36.3. The first-order chi connectivity index (χ1) is 25.1. The molecule has 3 atom stereocenters. The highest BCUT2D eigenvalue weighted by Crippen LogP contribution is 2.28. The van der Waals surface area contributed by atoms with E-state index in [1.807, 2.05) is 85.2 Å². The number of nitrogens with one attached hydrogen (secondary N) is 1. The lowest BCUT2D eigenvalue weighted by molar-refractivity contribution is -0.147. The number of amides is 1. The Morgan fingerprint density at radius 3 is 2.17 bits per heavy atom. The van der Waals surface area contributed by atoms with Gasteiger partial charge in [-0.05, 0) is 78.5 Å². The minimum absolute atomic E-state index is 0.0106. The van der Waals surface area contributed by atoms with Crippen molar-refractivity contribution in [3.63, 3.8) is 0 Å². The number of unbranched alkanes of at least 4 members (excludes halogenated alkanes) is 4. The largest absolute Gasteiger partial charge is 0.494 e. The van der Waals surface area contributed by atoms with Crippen molar-refractivity contribution in [1.82, 2.24) is 20.2 Å². The molecule has 9 nitrogen and oxygen atoms in total. The molecule has 3 aromatic carbocycles. The van der Waals surface area contributed by atoms with Gasteiger partial charge in [-0.3, -0.25) is 14.5 Å². The quantitative estimate of drug-likeness (QED) is 0.0888. The van der Waals surface area contributed by atoms with E-state index >= 15 is 0 Å². The van der Waals surface area contributed by atoms with E-state index in [0.717, 1.165) is 53.0 Å². The SMILES string of the molecule is CCCCCCCOc1ccc(-c2cnc(-c3ccc(C[C@H](NC(=O)c4ccc(C(C)(C)CC)cc4)C(O)N4CCC[C@H]4C(=O)O)cc3)nc2)cc1. The lowest BCUT2D eigenvalue weighted by atomic mass is 9.82. The maximum absolute atomic E-state index is 13.5. The molecule has 9 heteroatoms. The Labute approximate surface area is 308 Å². The fourth-order valence-electron chi connectivity index (χ4n) is 6.67. The van der Waals surface area contributed by atoms with Gasteiger partial charge in [-0.2, -0.15) is 0 Å². The third-order valence-corrected chi connectivity index (χ3v) is 10.4. The van der Waals surface area contributed by atoms with Crippen molar-refractivity contribution in [3.05, 3.63) is 102 Å². The number of benzene rings is 3. The molecular formula is C43H54N4O5. The van der Waals surface area contributed by atoms with Crippen LogP contribution in [0.4, 0.5) is 0 Å². The van der Waals surface area contributed by atoms with E-state index < -0.39 is 24.3 Å². The van der Waals surface area contributed by atoms with Crippen LogP contribution in [0.15, 0.2) is 85.2 Å². The molecule has 1 aliphatic heterocycles. The fourth-order valence-corrected chi connectivity index (χ4v) is 6.67. The number of aromatic nitrogens is 2. The normalized spacial score (nSPS) is 16.0. The Balaban J connectivity index is 1.25. The molecule has 0 aliphatic carbocycles. The maximum Gasteiger partial charge on any atom is 0.320 e. The van der Waals surface area contributed by atoms with Crippen molar-refractivity contribution in [1.29, 1.82) is 0 Å². The average molecular weight is 707 g/mol. The molecule has 0 bridgehead atoms. The molecule has 0 saturated carbocycles. The second-order valence-corrected chi connectivity index (χ2v) is 14.5. The summed E-state index contributed by atoms with van der Waals surface area (Å²) in [6.45, 7) is 9.86. The molecule has 52 heavy (non-hydrogen) atoms. The summed E-state index contributed by atoms with van der Waals surface area (Å²) in [6.07, 6.45) is 10.9. The van der Waals surface area contributed by atoms with Gasteiger partial charge in [0.15, 0.2) is 5.82 Å². The van der Waals surface area contributed by atoms with Crippen molar-refractivity contribution >= 4 is 11.9 Å². The van der Waals surface area contributed by atoms with Crippen LogP contribution in [0.2, 0.25) is 0 Å². The molecule has 1 amide bonds. The summed E-state index contributed by atoms with van der Waals surface area (Å²) in [5.74, 6) is 0.152. The predicted molar refractivity (Wildman–Crippen MR) is 205 cm³/mol. The summed E-state index contributed by atoms with van der Waals surface area (Å²) < 4.78 is 5.91. The smallest absolute Gasteiger partial charge is 0.320 e. The Morgan fingerprint density at radius 2 is 1.54 bits per heavy atom. The van der Waals surface area contributed by atoms with E-state index in [9.17, 15) is 19.8 Å². The lowest BCUT2D eigenvalue weighted by Crippen LogP contribution is -2.55. The highest BCUT2D eigenvalue weighted by Gasteiger charge is 2.38. The standard InChI is InChI=1S/C43H54N4O5/c1-5-7-8-9-10-26-52-36-23-19-31(20-24-36)34-28-44-39(45-29-34)32-15-13-30(14-16-32)27-37(41(49)47-25-11-12-38(47)42(50)51)46-40(48)33-17-21-35(22-18-33)43(3,4)6-2/h13-24,28-29,37-38,41,49H,5-12,25-27H2,1-4H3,(H,46,48)(H,50,51)/t37-,38-,41?/m0/s1. The zero-order chi connectivity index (χ0) is 37.1. The topological polar surface area (TPSA) is 125 Å². The van der Waals surface area contributed by atoms with Crippen LogP contribution in [0, 0.1) is 0 Å². The molecule has 1 unspecified atom stereocenters. The lowest BCUT2D eigenvalue weighted by Gasteiger charge is -2.33. The summed E-state index contributed by atoms with van der Waals surface area (Å²) in [7, 11) is 0. The van der Waals surface area contributed by atoms with Crippen LogP contribution >= 0.6 is 0 Å². The number of hydrogen-bond acceptors (Lipinski definition) is 7. The number of likely N-dealkylation sites (tertiary alicyclic amines) is 1. The van der Waals surface area contributed by atoms with Crippen LogP contribution in [0.3, 0.4) is 0 Å². The van der Waals surface area contributed by atoms with E-state index in [2.05, 4.69) is 43.0 Å². The number of rotatable bonds is 18. The van der Waals surface area contributed by atoms with Crippen molar-refractivity contribution in [2.75, 3.05) is 13.2 Å². The number of carboxylic acid groups (broad SMARTS) is 1. The van der Waals surface area contributed by atoms with Crippen LogP contribution in [0.1, 0.15) is 101 Å². The van der Waals surface area contributed by atoms with E-state index in [0.29, 0.717) is 37.2 Å². The third-order valence-electron chi connectivity index (χ3n) is 10.4. The molecular weight excluding hydrogens is 652 g/mol. The number of carboxylic acids is 1. The number of hydrogen-bond donors (Lipinski definition) is 3. The summed E-state index contributed by atoms with van der Waals surface area (Å²) in [5, 5.41) is 24.4. The van der Waals surface area contributed by atoms with Gasteiger partial charge in [0.05, 0.1) is 12.6 Å². The van der Waals surface area contributed by atoms with Gasteiger partial charge in [-0.1, -0.05) is 102 Å². The van der Waals surface area contributed by atoms with Crippen molar-refractivity contribution < 1.29 is 24.5 Å². The molecule has 0 spiro atoms. The molecule has 1 aromatic heterocycles. The molecule has 4 aromatic rings. The number of ether oxygens (including phenoxy) is 1. The summed E-state index contributed by atoms with van der Waals surface area (Å²) in [6, 6.07) is 21.7. The molecule has 0 radical (unpaired) electrons. The zero-order valence-electron chi connectivity index (χ0n) is 31.1. The van der Waals surface area contributed by atoms with E-state index in [1.54, 1.807) is 4.90 Å². The Kier molecular flexibility index (Phi) is 13.6. The van der Waals surface area contributed by atoms with Gasteiger partial charge in [0, 0.05) is 35.6 Å². The van der Waals surface area contributed by atoms with Crippen LogP contribution in [-0.4, -0.2) is 68.4 Å². The van der Waals surface area contributed by atoms with Gasteiger partial charge in [0.2, 0.25) is 0 Å². The molecule has 276 valence electrons. The van der Waals surface area contributed by atoms with Crippen LogP contribution < -0.4 is 10.1 Å². The summed E-state index contributed by atoms with van der Waals surface area (Å²) >= 11 is 0. The number of carbonyl (C=O) groups excluding carboxylic acids is 1. The molecule has 3 N–H and O–H groups in total. The highest BCUT2D eigenvalue weighted by atomic mass is 16.5. The van der Waals surface area contributed by atoms with Crippen LogP contribution in [-0.2, 0) is 16.6 Å². The first-order valence-electron chi connectivity index (χ1n) is 18.8. The third kappa shape index (κ3) is 10.0. The fraction of sp³-hybridized carbons (Fsp3) is 0.442. The predicted octanol–water partition coefficient (Wildman–Crippen LogP) is 8.06. The van der Waals surface area contributed by atoms with Gasteiger partial charge in [-0.15, -0.1) is 0 Å². The second-order valence-electron chi connectivity index (χ2n) is 14.5. The molecule has 1 fully saturated rings. The zero-order valence-corrected chi connectivity index (χ0v) is 31.1. The van der Waals surface area contributed by atoms with E-state index in [1.165, 1.54) is 25.7 Å². The summed E-state index contributed by atoms with van der Waals surface area (Å²) in [5.41, 5.74) is 5.24. The van der Waals surface area contributed by atoms with Crippen LogP contribution in [0.5, 0.6) is 5.75 Å². The van der Waals surface area contributed by atoms with Gasteiger partial charge < -0.3 is 20.3 Å². The van der Waals surface area contributed by atoms with Gasteiger partial charge in [-0.25, -0.2) is 9.97 Å². The van der Waals surface area contributed by atoms with Crippen molar-refractivity contribution in [3.8, 4) is 28.3 Å². The number of aliphatic hydroxyl groups excluding tert-OH is 1. The molecule has 2 heterocycles. The monoisotopic (exact) mass is 706 g/mol. The average Bonchev–Trinajstić information content (AvgIpc) is 3.67. The Morgan fingerprint density at radius 1 is 0.885 bits per heavy atom. The second kappa shape index (κ2) is 18.2. The number of nitrogens with zero attached hydrogens (tertiary/aromatic N) is 3. The molecule has 1 saturated heterocycles. The van der Waals surface area contributed by atoms with E-state index in [-0.39, 0.29) is 11.3 Å². The Bertz CT molecular complexity index is 1720. The molecule has 1 aliphatic rings. The van der Waals surface area contributed by atoms with E-state index in [4.69, 9.17) is 4.74 Å².